The third-order valence-electron chi connectivity index (χ3n) is 3.58. The molecule has 0 aliphatic carbocycles. The van der Waals surface area contributed by atoms with Crippen LogP contribution in [0.1, 0.15) is 11.1 Å². The van der Waals surface area contributed by atoms with Gasteiger partial charge in [-0.1, -0.05) is 18.3 Å². The number of nitrogens with two attached hydrogens (primary N) is 1. The fraction of sp³-hybridized carbons (Fsp3) is 0.500. The zero-order chi connectivity index (χ0) is 14.5. The highest BCUT2D eigenvalue weighted by atomic mass is 32.1. The SMILES string of the molecule is NC(=S)c1cc(CN2CCN(CCO)CC2)ccc1F. The molecule has 1 aliphatic heterocycles. The van der Waals surface area contributed by atoms with Crippen molar-refractivity contribution in [2.75, 3.05) is 39.3 Å². The Morgan fingerprint density at radius 3 is 2.50 bits per heavy atom. The van der Waals surface area contributed by atoms with Crippen LogP contribution in [-0.2, 0) is 6.54 Å². The van der Waals surface area contributed by atoms with Crippen LogP contribution in [0.15, 0.2) is 18.2 Å². The van der Waals surface area contributed by atoms with Crippen molar-refractivity contribution in [3.8, 4) is 0 Å². The molecular weight excluding hydrogens is 277 g/mol. The van der Waals surface area contributed by atoms with Crippen molar-refractivity contribution in [2.45, 2.75) is 6.54 Å². The van der Waals surface area contributed by atoms with Crippen LogP contribution in [0.5, 0.6) is 0 Å². The van der Waals surface area contributed by atoms with E-state index >= 15 is 0 Å². The molecule has 1 saturated heterocycles. The van der Waals surface area contributed by atoms with Crippen molar-refractivity contribution in [1.82, 2.24) is 9.80 Å². The summed E-state index contributed by atoms with van der Waals surface area (Å²) in [6, 6.07) is 4.93. The van der Waals surface area contributed by atoms with Gasteiger partial charge in [-0.25, -0.2) is 4.39 Å². The van der Waals surface area contributed by atoms with Crippen LogP contribution in [-0.4, -0.2) is 59.2 Å². The maximum absolute atomic E-state index is 13.5. The summed E-state index contributed by atoms with van der Waals surface area (Å²) in [7, 11) is 0. The van der Waals surface area contributed by atoms with Crippen molar-refractivity contribution in [3.63, 3.8) is 0 Å². The summed E-state index contributed by atoms with van der Waals surface area (Å²) in [6.45, 7) is 5.49. The standard InChI is InChI=1S/C14H20FN3OS/c15-13-2-1-11(9-12(13)14(16)20)10-18-5-3-17(4-6-18)7-8-19/h1-2,9,19H,3-8,10H2,(H2,16,20). The van der Waals surface area contributed by atoms with E-state index in [4.69, 9.17) is 23.1 Å². The molecule has 1 heterocycles. The summed E-state index contributed by atoms with van der Waals surface area (Å²) in [5.74, 6) is -0.367. The Bertz CT molecular complexity index is 475. The number of halogens is 1. The smallest absolute Gasteiger partial charge is 0.133 e. The van der Waals surface area contributed by atoms with Gasteiger partial charge >= 0.3 is 0 Å². The van der Waals surface area contributed by atoms with Crippen LogP contribution in [0.4, 0.5) is 4.39 Å². The number of thiocarbonyl (C=S) groups is 1. The molecule has 0 amide bonds. The number of nitrogens with zero attached hydrogens (tertiary/aromatic N) is 2. The summed E-state index contributed by atoms with van der Waals surface area (Å²) < 4.78 is 13.5. The fourth-order valence-corrected chi connectivity index (χ4v) is 2.59. The number of aliphatic hydroxyl groups excluding tert-OH is 1. The predicted molar refractivity (Wildman–Crippen MR) is 81.1 cm³/mol. The van der Waals surface area contributed by atoms with Gasteiger partial charge in [-0.2, -0.15) is 0 Å². The minimum Gasteiger partial charge on any atom is -0.395 e. The van der Waals surface area contributed by atoms with E-state index in [1.807, 2.05) is 0 Å². The van der Waals surface area contributed by atoms with Gasteiger partial charge < -0.3 is 10.8 Å². The van der Waals surface area contributed by atoms with E-state index in [2.05, 4.69) is 9.80 Å². The first-order valence-corrected chi connectivity index (χ1v) is 7.15. The second-order valence-electron chi connectivity index (χ2n) is 5.02. The number of hydrogen-bond donors (Lipinski definition) is 2. The first kappa shape index (κ1) is 15.3. The molecule has 2 rings (SSSR count). The van der Waals surface area contributed by atoms with E-state index < -0.39 is 0 Å². The summed E-state index contributed by atoms with van der Waals surface area (Å²) in [4.78, 5) is 4.64. The van der Waals surface area contributed by atoms with Crippen LogP contribution in [0.25, 0.3) is 0 Å². The maximum atomic E-state index is 13.5. The number of β-amino-alcohol motifs (C(OH)–C–C–N with tert-alkyl or cyclic N) is 1. The summed E-state index contributed by atoms with van der Waals surface area (Å²) in [6.07, 6.45) is 0. The molecule has 6 heteroatoms. The zero-order valence-corrected chi connectivity index (χ0v) is 12.2. The van der Waals surface area contributed by atoms with Crippen molar-refractivity contribution in [2.24, 2.45) is 5.73 Å². The van der Waals surface area contributed by atoms with Gasteiger partial charge in [-0.3, -0.25) is 9.80 Å². The normalized spacial score (nSPS) is 17.3. The number of piperazine rings is 1. The Morgan fingerprint density at radius 1 is 1.25 bits per heavy atom. The van der Waals surface area contributed by atoms with E-state index in [9.17, 15) is 4.39 Å². The van der Waals surface area contributed by atoms with E-state index in [1.165, 1.54) is 6.07 Å². The molecule has 1 aromatic carbocycles. The van der Waals surface area contributed by atoms with Gasteiger partial charge in [-0.05, 0) is 17.7 Å². The van der Waals surface area contributed by atoms with E-state index in [0.717, 1.165) is 44.8 Å². The Labute approximate surface area is 124 Å². The van der Waals surface area contributed by atoms with Crippen LogP contribution < -0.4 is 5.73 Å². The Morgan fingerprint density at radius 2 is 1.90 bits per heavy atom. The molecule has 20 heavy (non-hydrogen) atoms. The van der Waals surface area contributed by atoms with Crippen molar-refractivity contribution in [3.05, 3.63) is 35.1 Å². The zero-order valence-electron chi connectivity index (χ0n) is 11.4. The monoisotopic (exact) mass is 297 g/mol. The molecule has 1 aromatic rings. The van der Waals surface area contributed by atoms with Crippen molar-refractivity contribution in [1.29, 1.82) is 0 Å². The Hall–Kier alpha value is -1.08. The summed E-state index contributed by atoms with van der Waals surface area (Å²) >= 11 is 4.85. The van der Waals surface area contributed by atoms with Gasteiger partial charge in [-0.15, -0.1) is 0 Å². The van der Waals surface area contributed by atoms with Crippen molar-refractivity contribution < 1.29 is 9.50 Å². The van der Waals surface area contributed by atoms with Gasteiger partial charge in [0.25, 0.3) is 0 Å². The van der Waals surface area contributed by atoms with Crippen LogP contribution >= 0.6 is 12.2 Å². The molecule has 3 N–H and O–H groups in total. The lowest BCUT2D eigenvalue weighted by Crippen LogP contribution is -2.46. The Balaban J connectivity index is 1.94. The third-order valence-corrected chi connectivity index (χ3v) is 3.80. The quantitative estimate of drug-likeness (QED) is 0.778. The molecule has 0 bridgehead atoms. The summed E-state index contributed by atoms with van der Waals surface area (Å²) in [5, 5.41) is 8.91. The molecule has 0 atom stereocenters. The number of aliphatic hydroxyl groups is 1. The molecule has 1 fully saturated rings. The van der Waals surface area contributed by atoms with Gasteiger partial charge in [0.2, 0.25) is 0 Å². The van der Waals surface area contributed by atoms with Crippen LogP contribution in [0.3, 0.4) is 0 Å². The van der Waals surface area contributed by atoms with E-state index in [0.29, 0.717) is 5.56 Å². The lowest BCUT2D eigenvalue weighted by atomic mass is 10.1. The predicted octanol–water partition coefficient (Wildman–Crippen LogP) is 0.570. The third kappa shape index (κ3) is 3.96. The fourth-order valence-electron chi connectivity index (χ4n) is 2.43. The highest BCUT2D eigenvalue weighted by Crippen LogP contribution is 2.14. The molecule has 0 radical (unpaired) electrons. The van der Waals surface area contributed by atoms with Gasteiger partial charge in [0.05, 0.1) is 6.61 Å². The van der Waals surface area contributed by atoms with E-state index in [1.54, 1.807) is 12.1 Å². The minimum atomic E-state index is -0.367. The molecule has 0 aromatic heterocycles. The lowest BCUT2D eigenvalue weighted by molar-refractivity contribution is 0.108. The first-order chi connectivity index (χ1) is 9.60. The number of hydrogen-bond acceptors (Lipinski definition) is 4. The average molecular weight is 297 g/mol. The molecule has 0 unspecified atom stereocenters. The molecule has 1 aliphatic rings. The Kier molecular flexibility index (Phi) is 5.42. The van der Waals surface area contributed by atoms with E-state index in [-0.39, 0.29) is 17.4 Å². The van der Waals surface area contributed by atoms with Gasteiger partial charge in [0.15, 0.2) is 0 Å². The van der Waals surface area contributed by atoms with Crippen LogP contribution in [0.2, 0.25) is 0 Å². The largest absolute Gasteiger partial charge is 0.395 e. The lowest BCUT2D eigenvalue weighted by Gasteiger charge is -2.34. The topological polar surface area (TPSA) is 52.7 Å². The highest BCUT2D eigenvalue weighted by molar-refractivity contribution is 7.80. The minimum absolute atomic E-state index is 0.0946. The highest BCUT2D eigenvalue weighted by Gasteiger charge is 2.17. The molecule has 4 nitrogen and oxygen atoms in total. The second kappa shape index (κ2) is 7.08. The van der Waals surface area contributed by atoms with Crippen molar-refractivity contribution >= 4 is 17.2 Å². The van der Waals surface area contributed by atoms with Gasteiger partial charge in [0, 0.05) is 44.8 Å². The molecule has 0 saturated carbocycles. The number of benzene rings is 1. The maximum Gasteiger partial charge on any atom is 0.133 e. The molecular formula is C14H20FN3OS. The number of rotatable bonds is 5. The molecule has 110 valence electrons. The first-order valence-electron chi connectivity index (χ1n) is 6.74. The second-order valence-corrected chi connectivity index (χ2v) is 5.46. The average Bonchev–Trinajstić information content (AvgIpc) is 2.43. The summed E-state index contributed by atoms with van der Waals surface area (Å²) in [5.41, 5.74) is 6.85. The van der Waals surface area contributed by atoms with Gasteiger partial charge in [0.1, 0.15) is 10.8 Å². The molecule has 0 spiro atoms. The van der Waals surface area contributed by atoms with Crippen LogP contribution in [0, 0.1) is 5.82 Å².